The molecule has 33 heavy (non-hydrogen) atoms. The van der Waals surface area contributed by atoms with E-state index in [1.807, 2.05) is 30.3 Å². The number of nitrogens with zero attached hydrogens (tertiary/aromatic N) is 1. The highest BCUT2D eigenvalue weighted by Crippen LogP contribution is 2.54. The first-order valence-electron chi connectivity index (χ1n) is 11.5. The Labute approximate surface area is 198 Å². The van der Waals surface area contributed by atoms with E-state index in [2.05, 4.69) is 17.0 Å². The summed E-state index contributed by atoms with van der Waals surface area (Å²) in [6.45, 7) is 4.17. The number of aromatic hydroxyl groups is 2. The van der Waals surface area contributed by atoms with Gasteiger partial charge in [0.2, 0.25) is 0 Å². The molecule has 0 spiro atoms. The lowest BCUT2D eigenvalue weighted by molar-refractivity contribution is 0.190. The van der Waals surface area contributed by atoms with Gasteiger partial charge < -0.3 is 19.7 Å². The first-order valence-corrected chi connectivity index (χ1v) is 12.4. The lowest BCUT2D eigenvalue weighted by atomic mass is 10.00. The maximum Gasteiger partial charge on any atom is 0.140 e. The molecule has 3 aromatic rings. The van der Waals surface area contributed by atoms with Gasteiger partial charge in [0.1, 0.15) is 35.7 Å². The molecular formula is C27H27NO4S. The molecule has 0 radical (unpaired) electrons. The number of hydrogen-bond acceptors (Lipinski definition) is 6. The van der Waals surface area contributed by atoms with Crippen molar-refractivity contribution in [3.8, 4) is 23.0 Å². The average Bonchev–Trinajstić information content (AvgIpc) is 3.44. The van der Waals surface area contributed by atoms with Gasteiger partial charge in [0.05, 0.1) is 10.1 Å². The number of fused-ring (bicyclic) bond motifs is 2. The molecule has 4 unspecified atom stereocenters. The van der Waals surface area contributed by atoms with Crippen molar-refractivity contribution in [3.05, 3.63) is 77.9 Å². The van der Waals surface area contributed by atoms with Crippen LogP contribution in [0.5, 0.6) is 23.0 Å². The molecule has 5 nitrogen and oxygen atoms in total. The molecule has 6 rings (SSSR count). The fourth-order valence-corrected chi connectivity index (χ4v) is 6.28. The molecule has 4 atom stereocenters. The van der Waals surface area contributed by atoms with Crippen LogP contribution >= 0.6 is 11.8 Å². The zero-order valence-electron chi connectivity index (χ0n) is 18.3. The summed E-state index contributed by atoms with van der Waals surface area (Å²) in [6.07, 6.45) is 1.22. The van der Waals surface area contributed by atoms with Gasteiger partial charge in [0, 0.05) is 19.6 Å². The highest BCUT2D eigenvalue weighted by Gasteiger charge is 2.44. The van der Waals surface area contributed by atoms with Crippen LogP contribution in [0.1, 0.15) is 28.9 Å². The van der Waals surface area contributed by atoms with Crippen LogP contribution in [0.25, 0.3) is 0 Å². The number of benzene rings is 3. The third-order valence-electron chi connectivity index (χ3n) is 6.87. The molecule has 3 aromatic carbocycles. The van der Waals surface area contributed by atoms with Gasteiger partial charge in [0.25, 0.3) is 0 Å². The molecule has 0 amide bonds. The van der Waals surface area contributed by atoms with E-state index in [1.54, 1.807) is 36.0 Å². The van der Waals surface area contributed by atoms with Gasteiger partial charge in [-0.1, -0.05) is 24.3 Å². The van der Waals surface area contributed by atoms with Crippen LogP contribution in [0.3, 0.4) is 0 Å². The molecule has 3 aliphatic rings. The van der Waals surface area contributed by atoms with Gasteiger partial charge in [-0.15, -0.1) is 11.8 Å². The quantitative estimate of drug-likeness (QED) is 0.513. The van der Waals surface area contributed by atoms with E-state index in [-0.39, 0.29) is 22.9 Å². The highest BCUT2D eigenvalue weighted by molar-refractivity contribution is 7.99. The van der Waals surface area contributed by atoms with Gasteiger partial charge in [-0.05, 0) is 71.8 Å². The molecule has 2 fully saturated rings. The van der Waals surface area contributed by atoms with Crippen molar-refractivity contribution in [2.45, 2.75) is 22.7 Å². The SMILES string of the molecule is Oc1ccc(C2Sc3cc(O)ccc3OC2c2ccc(OCCN3CC4CC4C3)cc2)cc1. The number of ether oxygens (including phenoxy) is 2. The normalized spacial score (nSPS) is 25.7. The molecule has 2 N–H and O–H groups in total. The van der Waals surface area contributed by atoms with Crippen LogP contribution in [0.2, 0.25) is 0 Å². The molecular weight excluding hydrogens is 434 g/mol. The van der Waals surface area contributed by atoms with Crippen molar-refractivity contribution in [2.24, 2.45) is 11.8 Å². The van der Waals surface area contributed by atoms with E-state index in [0.29, 0.717) is 6.61 Å². The summed E-state index contributed by atoms with van der Waals surface area (Å²) in [5.41, 5.74) is 2.12. The summed E-state index contributed by atoms with van der Waals surface area (Å²) in [5, 5.41) is 19.6. The predicted octanol–water partition coefficient (Wildman–Crippen LogP) is 5.40. The summed E-state index contributed by atoms with van der Waals surface area (Å²) in [5.74, 6) is 4.00. The van der Waals surface area contributed by atoms with Crippen molar-refractivity contribution in [1.82, 2.24) is 4.90 Å². The fourth-order valence-electron chi connectivity index (χ4n) is 4.96. The second-order valence-electron chi connectivity index (χ2n) is 9.23. The summed E-state index contributed by atoms with van der Waals surface area (Å²) in [4.78, 5) is 3.42. The zero-order chi connectivity index (χ0) is 22.4. The molecule has 2 aliphatic heterocycles. The second-order valence-corrected chi connectivity index (χ2v) is 10.4. The number of thioether (sulfide) groups is 1. The Bertz CT molecular complexity index is 1120. The number of phenolic OH excluding ortho intramolecular Hbond substituents is 2. The summed E-state index contributed by atoms with van der Waals surface area (Å²) >= 11 is 1.67. The van der Waals surface area contributed by atoms with E-state index < -0.39 is 0 Å². The monoisotopic (exact) mass is 461 g/mol. The average molecular weight is 462 g/mol. The van der Waals surface area contributed by atoms with Crippen molar-refractivity contribution in [2.75, 3.05) is 26.2 Å². The maximum absolute atomic E-state index is 9.93. The van der Waals surface area contributed by atoms with Gasteiger partial charge in [-0.25, -0.2) is 0 Å². The molecule has 1 saturated carbocycles. The van der Waals surface area contributed by atoms with Gasteiger partial charge >= 0.3 is 0 Å². The summed E-state index contributed by atoms with van der Waals surface area (Å²) in [7, 11) is 0. The highest BCUT2D eigenvalue weighted by atomic mass is 32.2. The Morgan fingerprint density at radius 3 is 2.33 bits per heavy atom. The molecule has 0 bridgehead atoms. The third kappa shape index (κ3) is 4.37. The number of phenols is 2. The topological polar surface area (TPSA) is 62.2 Å². The minimum atomic E-state index is -0.207. The van der Waals surface area contributed by atoms with Gasteiger partial charge in [0.15, 0.2) is 0 Å². The first kappa shape index (κ1) is 20.8. The Morgan fingerprint density at radius 2 is 1.58 bits per heavy atom. The lowest BCUT2D eigenvalue weighted by Gasteiger charge is -2.34. The minimum Gasteiger partial charge on any atom is -0.508 e. The largest absolute Gasteiger partial charge is 0.508 e. The van der Waals surface area contributed by atoms with E-state index in [4.69, 9.17) is 9.47 Å². The Balaban J connectivity index is 1.19. The van der Waals surface area contributed by atoms with Crippen LogP contribution in [-0.4, -0.2) is 41.4 Å². The van der Waals surface area contributed by atoms with Crippen molar-refractivity contribution in [3.63, 3.8) is 0 Å². The molecule has 0 aromatic heterocycles. The molecule has 170 valence electrons. The Kier molecular flexibility index (Phi) is 5.35. The van der Waals surface area contributed by atoms with Gasteiger partial charge in [-0.3, -0.25) is 4.90 Å². The van der Waals surface area contributed by atoms with Crippen molar-refractivity contribution in [1.29, 1.82) is 0 Å². The molecule has 6 heteroatoms. The Morgan fingerprint density at radius 1 is 0.879 bits per heavy atom. The molecule has 1 saturated heterocycles. The summed E-state index contributed by atoms with van der Waals surface area (Å²) in [6, 6.07) is 20.6. The van der Waals surface area contributed by atoms with Crippen LogP contribution in [0.15, 0.2) is 71.6 Å². The standard InChI is InChI=1S/C27H27NO4S/c29-21-5-1-18(2-6-21)27-26(32-24-10-7-22(30)14-25(24)33-27)17-3-8-23(9-4-17)31-12-11-28-15-19-13-20(19)16-28/h1-10,14,19-20,26-27,29-30H,11-13,15-16H2. The van der Waals surface area contributed by atoms with Gasteiger partial charge in [-0.2, -0.15) is 0 Å². The minimum absolute atomic E-state index is 0.0201. The van der Waals surface area contributed by atoms with E-state index >= 15 is 0 Å². The molecule has 1 aliphatic carbocycles. The smallest absolute Gasteiger partial charge is 0.140 e. The van der Waals surface area contributed by atoms with E-state index in [0.717, 1.165) is 45.9 Å². The van der Waals surface area contributed by atoms with Crippen molar-refractivity contribution >= 4 is 11.8 Å². The number of piperidine rings is 1. The van der Waals surface area contributed by atoms with Crippen molar-refractivity contribution < 1.29 is 19.7 Å². The van der Waals surface area contributed by atoms with Crippen LogP contribution in [0, 0.1) is 11.8 Å². The first-order chi connectivity index (χ1) is 16.1. The van der Waals surface area contributed by atoms with E-state index in [9.17, 15) is 10.2 Å². The van der Waals surface area contributed by atoms with Crippen LogP contribution in [-0.2, 0) is 0 Å². The number of hydrogen-bond donors (Lipinski definition) is 2. The maximum atomic E-state index is 9.93. The Hall–Kier alpha value is -2.83. The number of likely N-dealkylation sites (tertiary alicyclic amines) is 1. The zero-order valence-corrected chi connectivity index (χ0v) is 19.1. The molecule has 2 heterocycles. The van der Waals surface area contributed by atoms with E-state index in [1.165, 1.54) is 19.5 Å². The third-order valence-corrected chi connectivity index (χ3v) is 8.22. The fraction of sp³-hybridized carbons (Fsp3) is 0.333. The predicted molar refractivity (Wildman–Crippen MR) is 128 cm³/mol. The van der Waals surface area contributed by atoms with Crippen LogP contribution in [0.4, 0.5) is 0 Å². The van der Waals surface area contributed by atoms with Crippen LogP contribution < -0.4 is 9.47 Å². The lowest BCUT2D eigenvalue weighted by Crippen LogP contribution is -2.27. The summed E-state index contributed by atoms with van der Waals surface area (Å²) < 4.78 is 12.4. The second kappa shape index (κ2) is 8.50. The number of rotatable bonds is 6.